The van der Waals surface area contributed by atoms with Crippen molar-refractivity contribution in [1.82, 2.24) is 9.88 Å². The molecule has 1 fully saturated rings. The molecule has 1 aromatic carbocycles. The van der Waals surface area contributed by atoms with Crippen molar-refractivity contribution in [3.8, 4) is 5.88 Å². The molecule has 3 rings (SSSR count). The number of ether oxygens (including phenoxy) is 2. The third kappa shape index (κ3) is 6.59. The predicted octanol–water partition coefficient (Wildman–Crippen LogP) is 5.64. The average Bonchev–Trinajstić information content (AvgIpc) is 3.14. The second-order valence-electron chi connectivity index (χ2n) is 8.61. The summed E-state index contributed by atoms with van der Waals surface area (Å²) in [6.07, 6.45) is 2.44. The lowest BCUT2D eigenvalue weighted by atomic mass is 10.0. The van der Waals surface area contributed by atoms with E-state index in [0.29, 0.717) is 28.9 Å². The Hall–Kier alpha value is -2.34. The van der Waals surface area contributed by atoms with E-state index in [0.717, 1.165) is 31.5 Å². The summed E-state index contributed by atoms with van der Waals surface area (Å²) in [7, 11) is 0. The number of carbonyl (C=O) groups is 1. The third-order valence-corrected chi connectivity index (χ3v) is 5.15. The van der Waals surface area contributed by atoms with Gasteiger partial charge < -0.3 is 14.4 Å². The molecule has 1 atom stereocenters. The maximum absolute atomic E-state index is 13.9. The summed E-state index contributed by atoms with van der Waals surface area (Å²) in [5, 5.41) is 0.355. The molecule has 2 aromatic rings. The number of nitrogens with zero attached hydrogens (tertiary/aromatic N) is 2. The second-order valence-corrected chi connectivity index (χ2v) is 9.05. The number of pyridine rings is 1. The Morgan fingerprint density at radius 2 is 2.10 bits per heavy atom. The van der Waals surface area contributed by atoms with Crippen LogP contribution >= 0.6 is 11.6 Å². The van der Waals surface area contributed by atoms with Crippen molar-refractivity contribution in [2.24, 2.45) is 5.92 Å². The van der Waals surface area contributed by atoms with E-state index in [-0.39, 0.29) is 12.7 Å². The predicted molar refractivity (Wildman–Crippen MR) is 114 cm³/mol. The Labute approximate surface area is 182 Å². The molecule has 7 heteroatoms. The molecular formula is C23H28ClFN2O3. The highest BCUT2D eigenvalue weighted by atomic mass is 35.5. The van der Waals surface area contributed by atoms with Crippen LogP contribution in [-0.2, 0) is 17.8 Å². The number of benzene rings is 1. The monoisotopic (exact) mass is 434 g/mol. The summed E-state index contributed by atoms with van der Waals surface area (Å²) in [5.41, 5.74) is 0.869. The molecule has 0 aliphatic carbocycles. The summed E-state index contributed by atoms with van der Waals surface area (Å²) in [5.74, 6) is 0.491. The Morgan fingerprint density at radius 1 is 1.30 bits per heavy atom. The molecule has 1 saturated heterocycles. The quantitative estimate of drug-likeness (QED) is 0.590. The van der Waals surface area contributed by atoms with Gasteiger partial charge in [-0.05, 0) is 64.2 Å². The fourth-order valence-corrected chi connectivity index (χ4v) is 3.54. The van der Waals surface area contributed by atoms with Crippen LogP contribution in [0.5, 0.6) is 5.88 Å². The van der Waals surface area contributed by atoms with E-state index < -0.39 is 11.4 Å². The highest BCUT2D eigenvalue weighted by Gasteiger charge is 2.29. The minimum Gasteiger partial charge on any atom is -0.473 e. The SMILES string of the molecule is CC(C)(C)OC(=O)N1CC[C@@H](CCc2cccc(OCc3ccc(Cl)cc3F)n2)C1. The first-order valence-electron chi connectivity index (χ1n) is 10.2. The summed E-state index contributed by atoms with van der Waals surface area (Å²) in [6.45, 7) is 7.15. The molecule has 0 N–H and O–H groups in total. The maximum atomic E-state index is 13.9. The number of carbonyl (C=O) groups excluding carboxylic acids is 1. The van der Waals surface area contributed by atoms with Crippen molar-refractivity contribution in [3.63, 3.8) is 0 Å². The van der Waals surface area contributed by atoms with Crippen molar-refractivity contribution in [1.29, 1.82) is 0 Å². The van der Waals surface area contributed by atoms with Crippen LogP contribution in [0.15, 0.2) is 36.4 Å². The van der Waals surface area contributed by atoms with Crippen LogP contribution in [0.1, 0.15) is 44.9 Å². The first-order valence-corrected chi connectivity index (χ1v) is 10.6. The van der Waals surface area contributed by atoms with Crippen LogP contribution in [0.3, 0.4) is 0 Å². The highest BCUT2D eigenvalue weighted by Crippen LogP contribution is 2.24. The Kier molecular flexibility index (Phi) is 7.19. The van der Waals surface area contributed by atoms with Crippen LogP contribution in [0.4, 0.5) is 9.18 Å². The molecule has 0 unspecified atom stereocenters. The van der Waals surface area contributed by atoms with E-state index in [1.165, 1.54) is 6.07 Å². The van der Waals surface area contributed by atoms with E-state index in [4.69, 9.17) is 21.1 Å². The Balaban J connectivity index is 1.48. The van der Waals surface area contributed by atoms with Gasteiger partial charge in [0.25, 0.3) is 0 Å². The van der Waals surface area contributed by atoms with Gasteiger partial charge in [0, 0.05) is 35.4 Å². The van der Waals surface area contributed by atoms with Gasteiger partial charge in [0.2, 0.25) is 5.88 Å². The number of rotatable bonds is 6. The van der Waals surface area contributed by atoms with Crippen molar-refractivity contribution in [2.45, 2.75) is 52.2 Å². The second kappa shape index (κ2) is 9.65. The lowest BCUT2D eigenvalue weighted by Crippen LogP contribution is -2.35. The molecular weight excluding hydrogens is 407 g/mol. The van der Waals surface area contributed by atoms with Gasteiger partial charge in [0.1, 0.15) is 18.0 Å². The zero-order valence-corrected chi connectivity index (χ0v) is 18.4. The lowest BCUT2D eigenvalue weighted by Gasteiger charge is -2.24. The number of aryl methyl sites for hydroxylation is 1. The van der Waals surface area contributed by atoms with E-state index in [1.807, 2.05) is 32.9 Å². The maximum Gasteiger partial charge on any atom is 0.410 e. The first kappa shape index (κ1) is 22.3. The van der Waals surface area contributed by atoms with Crippen LogP contribution in [0.25, 0.3) is 0 Å². The number of aromatic nitrogens is 1. The zero-order valence-electron chi connectivity index (χ0n) is 17.7. The number of hydrogen-bond donors (Lipinski definition) is 0. The van der Waals surface area contributed by atoms with Crippen molar-refractivity contribution < 1.29 is 18.7 Å². The van der Waals surface area contributed by atoms with Gasteiger partial charge in [0.05, 0.1) is 0 Å². The Bertz CT molecular complexity index is 885. The summed E-state index contributed by atoms with van der Waals surface area (Å²) in [6, 6.07) is 10.1. The number of amides is 1. The van der Waals surface area contributed by atoms with Gasteiger partial charge in [-0.2, -0.15) is 0 Å². The molecule has 2 heterocycles. The Morgan fingerprint density at radius 3 is 2.83 bits per heavy atom. The molecule has 0 bridgehead atoms. The minimum absolute atomic E-state index is 0.0902. The van der Waals surface area contributed by atoms with Crippen LogP contribution in [0.2, 0.25) is 5.02 Å². The molecule has 1 amide bonds. The lowest BCUT2D eigenvalue weighted by molar-refractivity contribution is 0.0287. The summed E-state index contributed by atoms with van der Waals surface area (Å²) < 4.78 is 25.0. The highest BCUT2D eigenvalue weighted by molar-refractivity contribution is 6.30. The largest absolute Gasteiger partial charge is 0.473 e. The van der Waals surface area contributed by atoms with Crippen LogP contribution in [0, 0.1) is 11.7 Å². The summed E-state index contributed by atoms with van der Waals surface area (Å²) >= 11 is 5.78. The van der Waals surface area contributed by atoms with Crippen molar-refractivity contribution in [2.75, 3.05) is 13.1 Å². The summed E-state index contributed by atoms with van der Waals surface area (Å²) in [4.78, 5) is 18.5. The van der Waals surface area contributed by atoms with Gasteiger partial charge in [-0.25, -0.2) is 14.2 Å². The van der Waals surface area contributed by atoms with Gasteiger partial charge in [0.15, 0.2) is 0 Å². The molecule has 1 aromatic heterocycles. The van der Waals surface area contributed by atoms with Crippen molar-refractivity contribution in [3.05, 3.63) is 58.5 Å². The number of hydrogen-bond acceptors (Lipinski definition) is 4. The fraction of sp³-hybridized carbons (Fsp3) is 0.478. The van der Waals surface area contributed by atoms with Gasteiger partial charge >= 0.3 is 6.09 Å². The first-order chi connectivity index (χ1) is 14.2. The standard InChI is InChI=1S/C23H28ClFN2O3/c1-23(2,3)30-22(28)27-12-11-16(14-27)7-10-19-5-4-6-21(26-19)29-15-17-8-9-18(24)13-20(17)25/h4-6,8-9,13,16H,7,10-12,14-15H2,1-3H3/t16-/m1/s1. The third-order valence-electron chi connectivity index (χ3n) is 4.92. The molecule has 0 saturated carbocycles. The number of likely N-dealkylation sites (tertiary alicyclic amines) is 1. The van der Waals surface area contributed by atoms with E-state index in [1.54, 1.807) is 23.1 Å². The molecule has 1 aliphatic heterocycles. The van der Waals surface area contributed by atoms with Crippen molar-refractivity contribution >= 4 is 17.7 Å². The molecule has 1 aliphatic rings. The van der Waals surface area contributed by atoms with Gasteiger partial charge in [-0.1, -0.05) is 23.7 Å². The average molecular weight is 435 g/mol. The van der Waals surface area contributed by atoms with E-state index in [2.05, 4.69) is 4.98 Å². The zero-order chi connectivity index (χ0) is 21.7. The number of halogens is 2. The van der Waals surface area contributed by atoms with Crippen LogP contribution < -0.4 is 4.74 Å². The molecule has 0 radical (unpaired) electrons. The fourth-order valence-electron chi connectivity index (χ4n) is 3.38. The van der Waals surface area contributed by atoms with E-state index in [9.17, 15) is 9.18 Å². The normalized spacial score (nSPS) is 16.6. The van der Waals surface area contributed by atoms with E-state index >= 15 is 0 Å². The minimum atomic E-state index is -0.478. The molecule has 5 nitrogen and oxygen atoms in total. The topological polar surface area (TPSA) is 51.7 Å². The van der Waals surface area contributed by atoms with Gasteiger partial charge in [-0.3, -0.25) is 0 Å². The molecule has 30 heavy (non-hydrogen) atoms. The van der Waals surface area contributed by atoms with Crippen LogP contribution in [-0.4, -0.2) is 34.7 Å². The molecule has 162 valence electrons. The molecule has 0 spiro atoms. The van der Waals surface area contributed by atoms with Gasteiger partial charge in [-0.15, -0.1) is 0 Å². The smallest absolute Gasteiger partial charge is 0.410 e.